The molecule has 3 N–H and O–H groups in total. The lowest BCUT2D eigenvalue weighted by Crippen LogP contribution is -2.20. The van der Waals surface area contributed by atoms with E-state index in [0.717, 1.165) is 12.1 Å². The molecule has 0 saturated carbocycles. The van der Waals surface area contributed by atoms with E-state index in [0.29, 0.717) is 11.2 Å². The Kier molecular flexibility index (Phi) is 3.81. The zero-order chi connectivity index (χ0) is 11.3. The van der Waals surface area contributed by atoms with Crippen LogP contribution < -0.4 is 4.84 Å². The highest BCUT2D eigenvalue weighted by Gasteiger charge is 2.12. The summed E-state index contributed by atoms with van der Waals surface area (Å²) in [6, 6.07) is 2.30. The van der Waals surface area contributed by atoms with Gasteiger partial charge in [0.1, 0.15) is 0 Å². The summed E-state index contributed by atoms with van der Waals surface area (Å²) in [6.07, 6.45) is -0.788. The molecule has 0 aliphatic rings. The van der Waals surface area contributed by atoms with Gasteiger partial charge in [0.05, 0.1) is 6.61 Å². The van der Waals surface area contributed by atoms with Crippen LogP contribution in [0.2, 0.25) is 0 Å². The number of hydrogen-bond donors (Lipinski definition) is 3. The van der Waals surface area contributed by atoms with E-state index in [4.69, 9.17) is 15.3 Å². The number of hydrogen-bond acceptors (Lipinski definition) is 6. The van der Waals surface area contributed by atoms with Crippen molar-refractivity contribution in [2.45, 2.75) is 6.42 Å². The SMILES string of the molecule is O=C(OCCCO)On1c(O)ccc1O. The van der Waals surface area contributed by atoms with Gasteiger partial charge in [0.2, 0.25) is 11.8 Å². The Bertz CT molecular complexity index is 314. The lowest BCUT2D eigenvalue weighted by Gasteiger charge is -2.06. The van der Waals surface area contributed by atoms with E-state index in [1.165, 1.54) is 0 Å². The molecule has 0 amide bonds. The van der Waals surface area contributed by atoms with Crippen molar-refractivity contribution in [1.82, 2.24) is 4.73 Å². The van der Waals surface area contributed by atoms with Crippen molar-refractivity contribution >= 4 is 6.16 Å². The highest BCUT2D eigenvalue weighted by molar-refractivity contribution is 5.60. The Hall–Kier alpha value is -1.89. The summed E-state index contributed by atoms with van der Waals surface area (Å²) in [4.78, 5) is 15.4. The first-order valence-electron chi connectivity index (χ1n) is 4.20. The summed E-state index contributed by atoms with van der Waals surface area (Å²) >= 11 is 0. The second-order valence-corrected chi connectivity index (χ2v) is 2.61. The lowest BCUT2D eigenvalue weighted by atomic mass is 10.5. The van der Waals surface area contributed by atoms with Gasteiger partial charge in [-0.15, -0.1) is 4.73 Å². The van der Waals surface area contributed by atoms with Crippen LogP contribution >= 0.6 is 0 Å². The quantitative estimate of drug-likeness (QED) is 0.478. The number of carbonyl (C=O) groups is 1. The Labute approximate surface area is 85.0 Å². The number of rotatable bonds is 4. The third kappa shape index (κ3) is 3.06. The number of aromatic hydroxyl groups is 2. The highest BCUT2D eigenvalue weighted by atomic mass is 16.8. The number of aliphatic hydroxyl groups excluding tert-OH is 1. The first-order chi connectivity index (χ1) is 7.15. The fourth-order valence-electron chi connectivity index (χ4n) is 0.816. The minimum Gasteiger partial charge on any atom is -0.492 e. The Balaban J connectivity index is 2.44. The van der Waals surface area contributed by atoms with E-state index < -0.39 is 17.9 Å². The third-order valence-electron chi connectivity index (χ3n) is 1.49. The zero-order valence-electron chi connectivity index (χ0n) is 7.79. The largest absolute Gasteiger partial charge is 0.533 e. The number of aromatic nitrogens is 1. The predicted octanol–water partition coefficient (Wildman–Crippen LogP) is -0.153. The van der Waals surface area contributed by atoms with Crippen molar-refractivity contribution in [2.24, 2.45) is 0 Å². The first-order valence-corrected chi connectivity index (χ1v) is 4.20. The van der Waals surface area contributed by atoms with E-state index in [1.54, 1.807) is 0 Å². The van der Waals surface area contributed by atoms with Gasteiger partial charge in [-0.3, -0.25) is 4.84 Å². The molecule has 0 atom stereocenters. The van der Waals surface area contributed by atoms with E-state index >= 15 is 0 Å². The average molecular weight is 217 g/mol. The summed E-state index contributed by atoms with van der Waals surface area (Å²) < 4.78 is 5.02. The Morgan fingerprint density at radius 2 is 1.93 bits per heavy atom. The molecule has 84 valence electrons. The van der Waals surface area contributed by atoms with Crippen LogP contribution in [-0.4, -0.2) is 39.4 Å². The minimum atomic E-state index is -1.08. The highest BCUT2D eigenvalue weighted by Crippen LogP contribution is 2.18. The minimum absolute atomic E-state index is 0.00186. The van der Waals surface area contributed by atoms with Crippen LogP contribution in [-0.2, 0) is 4.74 Å². The van der Waals surface area contributed by atoms with Crippen LogP contribution in [0.5, 0.6) is 11.8 Å². The van der Waals surface area contributed by atoms with E-state index in [9.17, 15) is 4.79 Å². The predicted molar refractivity (Wildman–Crippen MR) is 47.4 cm³/mol. The first kappa shape index (κ1) is 11.2. The maximum absolute atomic E-state index is 10.9. The van der Waals surface area contributed by atoms with Gasteiger partial charge in [-0.2, -0.15) is 0 Å². The average Bonchev–Trinajstić information content (AvgIpc) is 2.50. The Morgan fingerprint density at radius 1 is 1.33 bits per heavy atom. The lowest BCUT2D eigenvalue weighted by molar-refractivity contribution is 0.0327. The van der Waals surface area contributed by atoms with E-state index in [-0.39, 0.29) is 13.2 Å². The summed E-state index contributed by atoms with van der Waals surface area (Å²) in [5.41, 5.74) is 0. The number of carbonyl (C=O) groups excluding carboxylic acids is 1. The summed E-state index contributed by atoms with van der Waals surface area (Å²) in [7, 11) is 0. The molecule has 0 aliphatic heterocycles. The molecule has 1 heterocycles. The molecule has 0 aromatic carbocycles. The molecule has 7 nitrogen and oxygen atoms in total. The summed E-state index contributed by atoms with van der Waals surface area (Å²) in [6.45, 7) is -0.106. The molecule has 1 aromatic rings. The van der Waals surface area contributed by atoms with Crippen molar-refractivity contribution in [3.05, 3.63) is 12.1 Å². The van der Waals surface area contributed by atoms with Gasteiger partial charge >= 0.3 is 6.16 Å². The molecule has 0 fully saturated rings. The fourth-order valence-corrected chi connectivity index (χ4v) is 0.816. The molecule has 15 heavy (non-hydrogen) atoms. The van der Waals surface area contributed by atoms with Crippen LogP contribution in [0.1, 0.15) is 6.42 Å². The van der Waals surface area contributed by atoms with Crippen molar-refractivity contribution in [2.75, 3.05) is 13.2 Å². The molecule has 0 saturated heterocycles. The van der Waals surface area contributed by atoms with Crippen LogP contribution in [0, 0.1) is 0 Å². The fraction of sp³-hybridized carbons (Fsp3) is 0.375. The van der Waals surface area contributed by atoms with Gasteiger partial charge in [0.25, 0.3) is 0 Å². The summed E-state index contributed by atoms with van der Waals surface area (Å²) in [5.74, 6) is -0.849. The number of ether oxygens (including phenoxy) is 1. The maximum Gasteiger partial charge on any atom is 0.533 e. The molecule has 1 rings (SSSR count). The van der Waals surface area contributed by atoms with Crippen molar-refractivity contribution in [1.29, 1.82) is 0 Å². The van der Waals surface area contributed by atoms with Gasteiger partial charge in [0, 0.05) is 25.2 Å². The van der Waals surface area contributed by atoms with Gasteiger partial charge in [-0.05, 0) is 0 Å². The second-order valence-electron chi connectivity index (χ2n) is 2.61. The van der Waals surface area contributed by atoms with Crippen LogP contribution in [0.15, 0.2) is 12.1 Å². The molecule has 0 radical (unpaired) electrons. The van der Waals surface area contributed by atoms with Crippen molar-refractivity contribution in [3.63, 3.8) is 0 Å². The van der Waals surface area contributed by atoms with Crippen molar-refractivity contribution in [3.8, 4) is 11.8 Å². The van der Waals surface area contributed by atoms with Gasteiger partial charge < -0.3 is 20.1 Å². The van der Waals surface area contributed by atoms with E-state index in [1.807, 2.05) is 0 Å². The van der Waals surface area contributed by atoms with Crippen LogP contribution in [0.3, 0.4) is 0 Å². The zero-order valence-corrected chi connectivity index (χ0v) is 7.79. The molecule has 0 aliphatic carbocycles. The van der Waals surface area contributed by atoms with Gasteiger partial charge in [0.15, 0.2) is 0 Å². The van der Waals surface area contributed by atoms with Gasteiger partial charge in [-0.1, -0.05) is 0 Å². The standard InChI is InChI=1S/C8H11NO6/c10-4-1-5-14-8(13)15-9-6(11)2-3-7(9)12/h2-3,10-12H,1,4-5H2. The van der Waals surface area contributed by atoms with E-state index in [2.05, 4.69) is 9.57 Å². The number of nitrogens with zero attached hydrogens (tertiary/aromatic N) is 1. The number of aliphatic hydroxyl groups is 1. The molecular formula is C8H11NO6. The summed E-state index contributed by atoms with van der Waals surface area (Å²) in [5, 5.41) is 26.6. The second kappa shape index (κ2) is 5.11. The molecule has 0 spiro atoms. The van der Waals surface area contributed by atoms with Crippen molar-refractivity contribution < 1.29 is 29.7 Å². The van der Waals surface area contributed by atoms with Crippen LogP contribution in [0.4, 0.5) is 4.79 Å². The maximum atomic E-state index is 10.9. The third-order valence-corrected chi connectivity index (χ3v) is 1.49. The topological polar surface area (TPSA) is 101 Å². The normalized spacial score (nSPS) is 9.93. The molecule has 0 bridgehead atoms. The Morgan fingerprint density at radius 3 is 2.47 bits per heavy atom. The monoisotopic (exact) mass is 217 g/mol. The van der Waals surface area contributed by atoms with Crippen LogP contribution in [0.25, 0.3) is 0 Å². The molecule has 0 unspecified atom stereocenters. The molecule has 1 aromatic heterocycles. The molecule has 7 heteroatoms. The molecular weight excluding hydrogens is 206 g/mol. The van der Waals surface area contributed by atoms with Gasteiger partial charge in [-0.25, -0.2) is 4.79 Å². The smallest absolute Gasteiger partial charge is 0.492 e.